The smallest absolute Gasteiger partial charge is 0.351 e. The second-order valence-electron chi connectivity index (χ2n) is 10.1. The van der Waals surface area contributed by atoms with Gasteiger partial charge < -0.3 is 15.7 Å². The number of carboxylic acids is 1. The van der Waals surface area contributed by atoms with Crippen LogP contribution in [0.2, 0.25) is 0 Å². The van der Waals surface area contributed by atoms with Crippen molar-refractivity contribution in [2.24, 2.45) is 5.73 Å². The molecule has 1 saturated carbocycles. The van der Waals surface area contributed by atoms with Crippen LogP contribution in [0.25, 0.3) is 17.7 Å². The highest BCUT2D eigenvalue weighted by atomic mass is 16.4. The first-order valence-electron chi connectivity index (χ1n) is 13.1. The van der Waals surface area contributed by atoms with Crippen LogP contribution in [0.4, 0.5) is 11.4 Å². The number of benzene rings is 4. The van der Waals surface area contributed by atoms with E-state index in [1.54, 1.807) is 6.08 Å². The van der Waals surface area contributed by atoms with Gasteiger partial charge in [-0.2, -0.15) is 0 Å². The van der Waals surface area contributed by atoms with E-state index in [0.29, 0.717) is 12.0 Å². The zero-order chi connectivity index (χ0) is 26.1. The molecule has 38 heavy (non-hydrogen) atoms. The van der Waals surface area contributed by atoms with E-state index in [9.17, 15) is 9.90 Å². The van der Waals surface area contributed by atoms with Gasteiger partial charge in [0.25, 0.3) is 0 Å². The number of fused-ring (bicyclic) bond motifs is 3. The molecule has 0 saturated heterocycles. The summed E-state index contributed by atoms with van der Waals surface area (Å²) in [6.07, 6.45) is 7.30. The van der Waals surface area contributed by atoms with Gasteiger partial charge >= 0.3 is 5.97 Å². The minimum Gasteiger partial charge on any atom is -0.477 e. The average Bonchev–Trinajstić information content (AvgIpc) is 3.54. The van der Waals surface area contributed by atoms with Gasteiger partial charge in [-0.25, -0.2) is 4.79 Å². The van der Waals surface area contributed by atoms with Crippen molar-refractivity contribution in [3.63, 3.8) is 0 Å². The van der Waals surface area contributed by atoms with Crippen molar-refractivity contribution < 1.29 is 9.90 Å². The van der Waals surface area contributed by atoms with Crippen LogP contribution in [0.3, 0.4) is 0 Å². The van der Waals surface area contributed by atoms with Crippen LogP contribution in [0.15, 0.2) is 109 Å². The molecule has 0 spiro atoms. The lowest BCUT2D eigenvalue weighted by atomic mass is 9.95. The van der Waals surface area contributed by atoms with Gasteiger partial charge in [0.15, 0.2) is 0 Å². The quantitative estimate of drug-likeness (QED) is 0.214. The maximum absolute atomic E-state index is 11.2. The predicted molar refractivity (Wildman–Crippen MR) is 155 cm³/mol. The molecule has 2 atom stereocenters. The molecule has 1 aliphatic heterocycles. The van der Waals surface area contributed by atoms with Gasteiger partial charge in [-0.05, 0) is 82.6 Å². The highest BCUT2D eigenvalue weighted by molar-refractivity contribution is 5.92. The van der Waals surface area contributed by atoms with Crippen molar-refractivity contribution >= 4 is 35.1 Å². The van der Waals surface area contributed by atoms with Gasteiger partial charge in [0.2, 0.25) is 0 Å². The van der Waals surface area contributed by atoms with Crippen molar-refractivity contribution in [2.75, 3.05) is 4.90 Å². The second-order valence-corrected chi connectivity index (χ2v) is 10.1. The number of carboxylic acid groups (broad SMARTS) is 1. The highest BCUT2D eigenvalue weighted by Crippen LogP contribution is 2.52. The Kier molecular flexibility index (Phi) is 6.30. The number of nitrogens with two attached hydrogens (primary N) is 1. The molecule has 4 aromatic carbocycles. The van der Waals surface area contributed by atoms with E-state index in [-0.39, 0.29) is 5.70 Å². The van der Waals surface area contributed by atoms with E-state index in [1.807, 2.05) is 18.2 Å². The Labute approximate surface area is 223 Å². The third-order valence-corrected chi connectivity index (χ3v) is 7.74. The summed E-state index contributed by atoms with van der Waals surface area (Å²) >= 11 is 0. The van der Waals surface area contributed by atoms with Gasteiger partial charge in [-0.1, -0.05) is 85.3 Å². The highest BCUT2D eigenvalue weighted by Gasteiger charge is 2.42. The molecule has 2 aliphatic rings. The maximum Gasteiger partial charge on any atom is 0.351 e. The Balaban J connectivity index is 1.35. The number of carbonyl (C=O) groups is 1. The van der Waals surface area contributed by atoms with E-state index in [4.69, 9.17) is 5.73 Å². The van der Waals surface area contributed by atoms with Crippen LogP contribution in [-0.2, 0) is 4.79 Å². The number of anilines is 2. The van der Waals surface area contributed by atoms with Crippen molar-refractivity contribution in [2.45, 2.75) is 31.2 Å². The first-order valence-corrected chi connectivity index (χ1v) is 13.1. The number of rotatable bonds is 6. The molecule has 0 bridgehead atoms. The Bertz CT molecular complexity index is 1480. The van der Waals surface area contributed by atoms with Crippen molar-refractivity contribution in [1.29, 1.82) is 0 Å². The normalized spacial score (nSPS) is 18.1. The molecule has 1 fully saturated rings. The topological polar surface area (TPSA) is 66.6 Å². The zero-order valence-electron chi connectivity index (χ0n) is 21.1. The maximum atomic E-state index is 11.2. The average molecular weight is 499 g/mol. The Morgan fingerprint density at radius 1 is 0.789 bits per heavy atom. The van der Waals surface area contributed by atoms with Crippen LogP contribution >= 0.6 is 0 Å². The molecule has 4 aromatic rings. The fourth-order valence-corrected chi connectivity index (χ4v) is 6.01. The van der Waals surface area contributed by atoms with E-state index in [2.05, 4.69) is 95.9 Å². The van der Waals surface area contributed by atoms with E-state index in [1.165, 1.54) is 40.1 Å². The third-order valence-electron chi connectivity index (χ3n) is 7.74. The molecule has 2 unspecified atom stereocenters. The van der Waals surface area contributed by atoms with Crippen LogP contribution in [0.1, 0.15) is 53.0 Å². The molecule has 1 heterocycles. The summed E-state index contributed by atoms with van der Waals surface area (Å²) < 4.78 is 0. The standard InChI is InChI=1S/C34H30N2O2/c35-31(34(37)38)22-24-16-19-33-30(21-24)28-12-7-13-32(28)36(33)27-17-14-23(15-18-27)20-29(25-8-3-1-4-9-25)26-10-5-2-6-11-26/h1-6,8-11,14-22,28,32H,7,12-13,35H2,(H,37,38)/b31-22-. The van der Waals surface area contributed by atoms with Crippen LogP contribution in [0.5, 0.6) is 0 Å². The zero-order valence-corrected chi connectivity index (χ0v) is 21.1. The largest absolute Gasteiger partial charge is 0.477 e. The number of nitrogens with zero attached hydrogens (tertiary/aromatic N) is 1. The SMILES string of the molecule is N/C(=C\c1ccc2c(c1)C1CCCC1N2c1ccc(C=C(c2ccccc2)c2ccccc2)cc1)C(=O)O. The lowest BCUT2D eigenvalue weighted by molar-refractivity contribution is -0.132. The molecule has 0 aromatic heterocycles. The Hall–Kier alpha value is -4.57. The lowest BCUT2D eigenvalue weighted by Crippen LogP contribution is -2.26. The van der Waals surface area contributed by atoms with E-state index in [0.717, 1.165) is 24.0 Å². The lowest BCUT2D eigenvalue weighted by Gasteiger charge is -2.27. The Morgan fingerprint density at radius 3 is 2.05 bits per heavy atom. The van der Waals surface area contributed by atoms with Gasteiger partial charge in [0, 0.05) is 23.3 Å². The molecule has 3 N–H and O–H groups in total. The molecule has 188 valence electrons. The number of hydrogen-bond acceptors (Lipinski definition) is 3. The van der Waals surface area contributed by atoms with E-state index < -0.39 is 5.97 Å². The van der Waals surface area contributed by atoms with Gasteiger partial charge in [0.1, 0.15) is 5.70 Å². The first kappa shape index (κ1) is 23.8. The second kappa shape index (κ2) is 10.1. The number of aliphatic carboxylic acids is 1. The summed E-state index contributed by atoms with van der Waals surface area (Å²) in [4.78, 5) is 13.7. The fourth-order valence-electron chi connectivity index (χ4n) is 6.01. The summed E-state index contributed by atoms with van der Waals surface area (Å²) in [7, 11) is 0. The molecular formula is C34H30N2O2. The number of hydrogen-bond donors (Lipinski definition) is 2. The molecule has 0 radical (unpaired) electrons. The van der Waals surface area contributed by atoms with Crippen molar-refractivity contribution in [1.82, 2.24) is 0 Å². The minimum absolute atomic E-state index is 0.142. The molecule has 6 rings (SSSR count). The third kappa shape index (κ3) is 4.50. The van der Waals surface area contributed by atoms with Crippen LogP contribution in [0, 0.1) is 0 Å². The van der Waals surface area contributed by atoms with E-state index >= 15 is 0 Å². The summed E-state index contributed by atoms with van der Waals surface area (Å²) in [5.41, 5.74) is 14.8. The monoisotopic (exact) mass is 498 g/mol. The summed E-state index contributed by atoms with van der Waals surface area (Å²) in [6, 6.07) is 36.5. The Morgan fingerprint density at radius 2 is 1.42 bits per heavy atom. The van der Waals surface area contributed by atoms with Gasteiger partial charge in [0.05, 0.1) is 0 Å². The molecule has 4 nitrogen and oxygen atoms in total. The fraction of sp³-hybridized carbons (Fsp3) is 0.147. The predicted octanol–water partition coefficient (Wildman–Crippen LogP) is 7.45. The molecular weight excluding hydrogens is 468 g/mol. The van der Waals surface area contributed by atoms with Crippen molar-refractivity contribution in [3.8, 4) is 0 Å². The molecule has 1 aliphatic carbocycles. The van der Waals surface area contributed by atoms with Gasteiger partial charge in [-0.15, -0.1) is 0 Å². The summed E-state index contributed by atoms with van der Waals surface area (Å²) in [6.45, 7) is 0. The summed E-state index contributed by atoms with van der Waals surface area (Å²) in [5, 5.41) is 9.18. The first-order chi connectivity index (χ1) is 18.6. The summed E-state index contributed by atoms with van der Waals surface area (Å²) in [5.74, 6) is -0.644. The minimum atomic E-state index is -1.09. The molecule has 4 heteroatoms. The van der Waals surface area contributed by atoms with Crippen LogP contribution < -0.4 is 10.6 Å². The van der Waals surface area contributed by atoms with Crippen molar-refractivity contribution in [3.05, 3.63) is 137 Å². The van der Waals surface area contributed by atoms with Crippen LogP contribution in [-0.4, -0.2) is 17.1 Å². The molecule has 0 amide bonds. The van der Waals surface area contributed by atoms with Gasteiger partial charge in [-0.3, -0.25) is 0 Å².